The number of methoxy groups -OCH3 is 1. The molecule has 3 aromatic rings. The summed E-state index contributed by atoms with van der Waals surface area (Å²) < 4.78 is 10.6. The third-order valence-electron chi connectivity index (χ3n) is 4.99. The Morgan fingerprint density at radius 3 is 2.75 bits per heavy atom. The van der Waals surface area contributed by atoms with E-state index in [1.807, 2.05) is 30.0 Å². The summed E-state index contributed by atoms with van der Waals surface area (Å²) in [6.45, 7) is 6.67. The number of aromatic nitrogens is 3. The zero-order valence-corrected chi connectivity index (χ0v) is 16.2. The summed E-state index contributed by atoms with van der Waals surface area (Å²) in [5, 5.41) is 4.01. The second-order valence-corrected chi connectivity index (χ2v) is 6.78. The minimum Gasteiger partial charge on any atom is -0.481 e. The maximum absolute atomic E-state index is 12.8. The molecule has 1 aliphatic heterocycles. The molecule has 1 aliphatic rings. The number of fused-ring (bicyclic) bond motifs is 1. The molecule has 0 aliphatic carbocycles. The molecule has 1 saturated heterocycles. The van der Waals surface area contributed by atoms with Crippen LogP contribution in [0.5, 0.6) is 5.88 Å². The predicted octanol–water partition coefficient (Wildman–Crippen LogP) is 2.67. The molecule has 8 nitrogen and oxygen atoms in total. The largest absolute Gasteiger partial charge is 0.481 e. The number of carbonyl (C=O) groups is 1. The molecule has 1 aromatic carbocycles. The SMILES string of the molecule is COc1cc(C(=O)Nc2ccc3[nH]c(C)c(C)c3c2)nc(N2CCOCC2)n1. The molecule has 0 bridgehead atoms. The number of anilines is 2. The number of carbonyl (C=O) groups excluding carboxylic acids is 1. The molecule has 0 atom stereocenters. The minimum absolute atomic E-state index is 0.260. The fourth-order valence-electron chi connectivity index (χ4n) is 3.27. The van der Waals surface area contributed by atoms with Gasteiger partial charge in [-0.15, -0.1) is 0 Å². The molecule has 0 radical (unpaired) electrons. The highest BCUT2D eigenvalue weighted by Gasteiger charge is 2.19. The lowest BCUT2D eigenvalue weighted by molar-refractivity contribution is 0.102. The van der Waals surface area contributed by atoms with Crippen molar-refractivity contribution in [1.82, 2.24) is 15.0 Å². The lowest BCUT2D eigenvalue weighted by Gasteiger charge is -2.27. The van der Waals surface area contributed by atoms with Gasteiger partial charge in [0.2, 0.25) is 11.8 Å². The molecule has 1 fully saturated rings. The van der Waals surface area contributed by atoms with Gasteiger partial charge in [0.1, 0.15) is 5.69 Å². The average molecular weight is 381 g/mol. The third kappa shape index (κ3) is 3.50. The Bertz CT molecular complexity index is 1020. The number of nitrogens with one attached hydrogen (secondary N) is 2. The van der Waals surface area contributed by atoms with Crippen LogP contribution in [0.25, 0.3) is 10.9 Å². The van der Waals surface area contributed by atoms with Crippen molar-refractivity contribution in [2.75, 3.05) is 43.6 Å². The van der Waals surface area contributed by atoms with Crippen molar-refractivity contribution in [3.63, 3.8) is 0 Å². The van der Waals surface area contributed by atoms with Crippen molar-refractivity contribution in [3.8, 4) is 5.88 Å². The lowest BCUT2D eigenvalue weighted by atomic mass is 10.1. The average Bonchev–Trinajstić information content (AvgIpc) is 3.02. The molecule has 2 N–H and O–H groups in total. The fraction of sp³-hybridized carbons (Fsp3) is 0.350. The maximum Gasteiger partial charge on any atom is 0.274 e. The number of morpholine rings is 1. The smallest absolute Gasteiger partial charge is 0.274 e. The highest BCUT2D eigenvalue weighted by Crippen LogP contribution is 2.25. The van der Waals surface area contributed by atoms with Gasteiger partial charge in [0.05, 0.1) is 20.3 Å². The van der Waals surface area contributed by atoms with Gasteiger partial charge in [-0.05, 0) is 37.6 Å². The number of benzene rings is 1. The van der Waals surface area contributed by atoms with Crippen molar-refractivity contribution in [3.05, 3.63) is 41.2 Å². The van der Waals surface area contributed by atoms with E-state index >= 15 is 0 Å². The molecule has 2 aromatic heterocycles. The number of hydrogen-bond acceptors (Lipinski definition) is 6. The molecule has 0 saturated carbocycles. The quantitative estimate of drug-likeness (QED) is 0.722. The molecule has 4 rings (SSSR count). The van der Waals surface area contributed by atoms with Crippen LogP contribution in [0.3, 0.4) is 0 Å². The number of ether oxygens (including phenoxy) is 2. The molecule has 3 heterocycles. The maximum atomic E-state index is 12.8. The highest BCUT2D eigenvalue weighted by molar-refractivity contribution is 6.04. The molecule has 146 valence electrons. The van der Waals surface area contributed by atoms with Crippen LogP contribution >= 0.6 is 0 Å². The third-order valence-corrected chi connectivity index (χ3v) is 4.99. The summed E-state index contributed by atoms with van der Waals surface area (Å²) in [4.78, 5) is 27.0. The van der Waals surface area contributed by atoms with Gasteiger partial charge in [-0.3, -0.25) is 4.79 Å². The van der Waals surface area contributed by atoms with Gasteiger partial charge in [0.25, 0.3) is 5.91 Å². The van der Waals surface area contributed by atoms with Gasteiger partial charge in [-0.2, -0.15) is 4.98 Å². The van der Waals surface area contributed by atoms with Crippen LogP contribution in [0.1, 0.15) is 21.7 Å². The zero-order chi connectivity index (χ0) is 19.7. The number of H-pyrrole nitrogens is 1. The van der Waals surface area contributed by atoms with Crippen LogP contribution in [0.2, 0.25) is 0 Å². The van der Waals surface area contributed by atoms with E-state index in [0.717, 1.165) is 16.6 Å². The second-order valence-electron chi connectivity index (χ2n) is 6.78. The Balaban J connectivity index is 1.61. The fourth-order valence-corrected chi connectivity index (χ4v) is 3.27. The number of aryl methyl sites for hydroxylation is 2. The van der Waals surface area contributed by atoms with Gasteiger partial charge in [0.15, 0.2) is 0 Å². The van der Waals surface area contributed by atoms with Crippen molar-refractivity contribution in [2.45, 2.75) is 13.8 Å². The Hall–Kier alpha value is -3.13. The van der Waals surface area contributed by atoms with E-state index in [1.165, 1.54) is 12.7 Å². The molecular weight excluding hydrogens is 358 g/mol. The summed E-state index contributed by atoms with van der Waals surface area (Å²) in [7, 11) is 1.53. The first-order valence-electron chi connectivity index (χ1n) is 9.21. The Labute approximate surface area is 162 Å². The first-order chi connectivity index (χ1) is 13.5. The highest BCUT2D eigenvalue weighted by atomic mass is 16.5. The Kier molecular flexibility index (Phi) is 4.87. The number of aromatic amines is 1. The van der Waals surface area contributed by atoms with Gasteiger partial charge in [-0.25, -0.2) is 4.98 Å². The lowest BCUT2D eigenvalue weighted by Crippen LogP contribution is -2.37. The van der Waals surface area contributed by atoms with Crippen LogP contribution in [0.15, 0.2) is 24.3 Å². The minimum atomic E-state index is -0.306. The van der Waals surface area contributed by atoms with Crippen molar-refractivity contribution >= 4 is 28.4 Å². The van der Waals surface area contributed by atoms with E-state index in [9.17, 15) is 4.79 Å². The number of amides is 1. The summed E-state index contributed by atoms with van der Waals surface area (Å²) in [5.41, 5.74) is 4.31. The van der Waals surface area contributed by atoms with E-state index in [0.29, 0.717) is 43.8 Å². The molecule has 28 heavy (non-hydrogen) atoms. The van der Waals surface area contributed by atoms with Crippen molar-refractivity contribution in [2.24, 2.45) is 0 Å². The summed E-state index contributed by atoms with van der Waals surface area (Å²) in [5.74, 6) is 0.522. The van der Waals surface area contributed by atoms with Crippen LogP contribution in [-0.4, -0.2) is 54.3 Å². The van der Waals surface area contributed by atoms with Crippen LogP contribution in [0, 0.1) is 13.8 Å². The van der Waals surface area contributed by atoms with Crippen molar-refractivity contribution in [1.29, 1.82) is 0 Å². The van der Waals surface area contributed by atoms with E-state index < -0.39 is 0 Å². The van der Waals surface area contributed by atoms with E-state index in [-0.39, 0.29) is 11.6 Å². The second kappa shape index (κ2) is 7.47. The summed E-state index contributed by atoms with van der Waals surface area (Å²) in [6.07, 6.45) is 0. The topological polar surface area (TPSA) is 92.4 Å². The zero-order valence-electron chi connectivity index (χ0n) is 16.2. The van der Waals surface area contributed by atoms with Gasteiger partial charge >= 0.3 is 0 Å². The van der Waals surface area contributed by atoms with E-state index in [4.69, 9.17) is 9.47 Å². The normalized spacial score (nSPS) is 14.3. The molecule has 8 heteroatoms. The van der Waals surface area contributed by atoms with Gasteiger partial charge in [-0.1, -0.05) is 0 Å². The van der Waals surface area contributed by atoms with Gasteiger partial charge in [0, 0.05) is 41.4 Å². The number of nitrogens with zero attached hydrogens (tertiary/aromatic N) is 3. The van der Waals surface area contributed by atoms with Crippen LogP contribution in [-0.2, 0) is 4.74 Å². The van der Waals surface area contributed by atoms with Gasteiger partial charge < -0.3 is 24.7 Å². The monoisotopic (exact) mass is 381 g/mol. The van der Waals surface area contributed by atoms with Crippen LogP contribution in [0.4, 0.5) is 11.6 Å². The molecule has 0 unspecified atom stereocenters. The molecule has 1 amide bonds. The summed E-state index contributed by atoms with van der Waals surface area (Å²) in [6, 6.07) is 7.35. The summed E-state index contributed by atoms with van der Waals surface area (Å²) >= 11 is 0. The molecule has 0 spiro atoms. The van der Waals surface area contributed by atoms with Crippen LogP contribution < -0.4 is 15.0 Å². The number of rotatable bonds is 4. The molecular formula is C20H23N5O3. The van der Waals surface area contributed by atoms with E-state index in [2.05, 4.69) is 27.2 Å². The Morgan fingerprint density at radius 2 is 2.00 bits per heavy atom. The van der Waals surface area contributed by atoms with E-state index in [1.54, 1.807) is 6.07 Å². The Morgan fingerprint density at radius 1 is 1.21 bits per heavy atom. The first kappa shape index (κ1) is 18.2. The standard InChI is InChI=1S/C20H23N5O3/c1-12-13(2)21-16-5-4-14(10-15(12)16)22-19(26)17-11-18(27-3)24-20(23-17)25-6-8-28-9-7-25/h4-5,10-11,21H,6-9H2,1-3H3,(H,22,26). The van der Waals surface area contributed by atoms with Crippen molar-refractivity contribution < 1.29 is 14.3 Å². The number of hydrogen-bond donors (Lipinski definition) is 2. The predicted molar refractivity (Wildman–Crippen MR) is 107 cm³/mol. The first-order valence-corrected chi connectivity index (χ1v) is 9.21.